The number of methoxy groups -OCH3 is 1. The maximum atomic E-state index is 12.5. The van der Waals surface area contributed by atoms with Crippen molar-refractivity contribution in [2.24, 2.45) is 11.3 Å². The van der Waals surface area contributed by atoms with Crippen molar-refractivity contribution in [3.63, 3.8) is 0 Å². The van der Waals surface area contributed by atoms with Gasteiger partial charge in [0, 0.05) is 18.6 Å². The lowest BCUT2D eigenvalue weighted by atomic mass is 9.58. The number of ether oxygens (including phenoxy) is 1. The zero-order valence-electron chi connectivity index (χ0n) is 12.9. The molecule has 0 saturated heterocycles. The van der Waals surface area contributed by atoms with Crippen molar-refractivity contribution >= 4 is 21.6 Å². The van der Waals surface area contributed by atoms with E-state index in [1.165, 1.54) is 18.2 Å². The minimum absolute atomic E-state index is 0.0000808. The van der Waals surface area contributed by atoms with Crippen LogP contribution < -0.4 is 4.72 Å². The maximum absolute atomic E-state index is 12.5. The number of hydrogen-bond donors (Lipinski definition) is 1. The van der Waals surface area contributed by atoms with E-state index < -0.39 is 10.0 Å². The van der Waals surface area contributed by atoms with E-state index in [9.17, 15) is 8.42 Å². The normalized spacial score (nSPS) is 27.0. The Labute approximate surface area is 136 Å². The molecule has 7 heteroatoms. The van der Waals surface area contributed by atoms with Gasteiger partial charge in [0.25, 0.3) is 0 Å². The molecular formula is C15H19ClN2O3S. The van der Waals surface area contributed by atoms with Gasteiger partial charge < -0.3 is 4.74 Å². The van der Waals surface area contributed by atoms with Crippen LogP contribution in [-0.2, 0) is 14.8 Å². The summed E-state index contributed by atoms with van der Waals surface area (Å²) in [5.74, 6) is 0.0671. The molecule has 1 N–H and O–H groups in total. The van der Waals surface area contributed by atoms with Gasteiger partial charge in [0.1, 0.15) is 6.07 Å². The summed E-state index contributed by atoms with van der Waals surface area (Å²) < 4.78 is 33.2. The monoisotopic (exact) mass is 342 g/mol. The molecule has 0 radical (unpaired) electrons. The number of nitriles is 1. The van der Waals surface area contributed by atoms with Crippen molar-refractivity contribution in [3.8, 4) is 6.07 Å². The number of rotatable bonds is 4. The van der Waals surface area contributed by atoms with Crippen molar-refractivity contribution in [1.82, 2.24) is 4.72 Å². The smallest absolute Gasteiger partial charge is 0.240 e. The van der Waals surface area contributed by atoms with Gasteiger partial charge in [-0.25, -0.2) is 13.1 Å². The Morgan fingerprint density at radius 2 is 2.05 bits per heavy atom. The molecule has 22 heavy (non-hydrogen) atoms. The summed E-state index contributed by atoms with van der Waals surface area (Å²) in [7, 11) is -2.09. The third-order valence-corrected chi connectivity index (χ3v) is 6.21. The van der Waals surface area contributed by atoms with Gasteiger partial charge in [-0.3, -0.25) is 0 Å². The number of sulfonamides is 1. The quantitative estimate of drug-likeness (QED) is 0.912. The van der Waals surface area contributed by atoms with Gasteiger partial charge in [0.05, 0.1) is 21.6 Å². The van der Waals surface area contributed by atoms with Crippen LogP contribution in [-0.4, -0.2) is 27.7 Å². The van der Waals surface area contributed by atoms with E-state index in [-0.39, 0.29) is 39.0 Å². The van der Waals surface area contributed by atoms with Crippen molar-refractivity contribution in [3.05, 3.63) is 28.8 Å². The molecule has 0 bridgehead atoms. The Kier molecular flexibility index (Phi) is 4.56. The van der Waals surface area contributed by atoms with Crippen molar-refractivity contribution in [2.75, 3.05) is 7.11 Å². The number of halogens is 1. The summed E-state index contributed by atoms with van der Waals surface area (Å²) >= 11 is 5.84. The molecule has 0 aromatic heterocycles. The average molecular weight is 343 g/mol. The van der Waals surface area contributed by atoms with Crippen molar-refractivity contribution in [2.45, 2.75) is 37.8 Å². The number of nitrogens with one attached hydrogen (secondary N) is 1. The van der Waals surface area contributed by atoms with Crippen LogP contribution in [0.5, 0.6) is 0 Å². The molecule has 1 saturated carbocycles. The molecule has 5 nitrogen and oxygen atoms in total. The zero-order chi connectivity index (χ0) is 16.7. The van der Waals surface area contributed by atoms with Gasteiger partial charge in [-0.05, 0) is 24.1 Å². The summed E-state index contributed by atoms with van der Waals surface area (Å²) in [6.45, 7) is 5.89. The van der Waals surface area contributed by atoms with Crippen LogP contribution in [0.2, 0.25) is 5.02 Å². The van der Waals surface area contributed by atoms with Gasteiger partial charge in [-0.15, -0.1) is 0 Å². The molecule has 0 aliphatic heterocycles. The average Bonchev–Trinajstić information content (AvgIpc) is 2.45. The summed E-state index contributed by atoms with van der Waals surface area (Å²) in [5, 5.41) is 9.21. The van der Waals surface area contributed by atoms with Crippen LogP contribution in [0.15, 0.2) is 23.1 Å². The number of benzene rings is 1. The van der Waals surface area contributed by atoms with E-state index in [0.29, 0.717) is 0 Å². The van der Waals surface area contributed by atoms with Crippen LogP contribution in [0, 0.1) is 22.7 Å². The second kappa shape index (κ2) is 5.82. The predicted octanol–water partition coefficient (Wildman–Crippen LogP) is 2.55. The minimum Gasteiger partial charge on any atom is -0.380 e. The van der Waals surface area contributed by atoms with Gasteiger partial charge in [0.15, 0.2) is 0 Å². The van der Waals surface area contributed by atoms with Crippen LogP contribution in [0.25, 0.3) is 0 Å². The predicted molar refractivity (Wildman–Crippen MR) is 84.0 cm³/mol. The summed E-state index contributed by atoms with van der Waals surface area (Å²) in [4.78, 5) is 0.0392. The third-order valence-electron chi connectivity index (χ3n) is 4.44. The molecule has 1 aromatic carbocycles. The van der Waals surface area contributed by atoms with E-state index in [2.05, 4.69) is 4.72 Å². The number of nitrogens with zero attached hydrogens (tertiary/aromatic N) is 1. The lowest BCUT2D eigenvalue weighted by Gasteiger charge is -2.56. The first kappa shape index (κ1) is 17.2. The van der Waals surface area contributed by atoms with Crippen molar-refractivity contribution in [1.29, 1.82) is 5.26 Å². The molecule has 0 spiro atoms. The molecule has 120 valence electrons. The Bertz CT molecular complexity index is 725. The second-order valence-corrected chi connectivity index (χ2v) is 8.31. The highest BCUT2D eigenvalue weighted by molar-refractivity contribution is 7.89. The molecule has 0 unspecified atom stereocenters. The Balaban J connectivity index is 2.28. The van der Waals surface area contributed by atoms with E-state index in [4.69, 9.17) is 21.6 Å². The standard InChI is InChI=1S/C15H19ClN2O3S/c1-9-13(15(2,3)14(9)21-4)18-22(19,20)11-5-6-12(16)10(7-11)8-17/h5-7,9,13-14,18H,1-4H3/t9-,13-,14-/m1/s1. The molecule has 1 fully saturated rings. The molecule has 2 rings (SSSR count). The molecule has 3 atom stereocenters. The van der Waals surface area contributed by atoms with E-state index in [0.717, 1.165) is 0 Å². The first-order valence-electron chi connectivity index (χ1n) is 6.90. The fraction of sp³-hybridized carbons (Fsp3) is 0.533. The number of hydrogen-bond acceptors (Lipinski definition) is 4. The van der Waals surface area contributed by atoms with Gasteiger partial charge >= 0.3 is 0 Å². The first-order chi connectivity index (χ1) is 10.1. The third kappa shape index (κ3) is 2.74. The van der Waals surface area contributed by atoms with Crippen molar-refractivity contribution < 1.29 is 13.2 Å². The lowest BCUT2D eigenvalue weighted by molar-refractivity contribution is -0.138. The summed E-state index contributed by atoms with van der Waals surface area (Å²) in [5.41, 5.74) is -0.161. The fourth-order valence-corrected chi connectivity index (χ4v) is 5.03. The van der Waals surface area contributed by atoms with E-state index in [1.54, 1.807) is 7.11 Å². The molecule has 1 aliphatic rings. The highest BCUT2D eigenvalue weighted by Gasteiger charge is 2.55. The Morgan fingerprint density at radius 1 is 1.41 bits per heavy atom. The molecule has 1 aromatic rings. The Morgan fingerprint density at radius 3 is 2.55 bits per heavy atom. The largest absolute Gasteiger partial charge is 0.380 e. The molecule has 0 heterocycles. The van der Waals surface area contributed by atoms with Crippen LogP contribution in [0.4, 0.5) is 0 Å². The zero-order valence-corrected chi connectivity index (χ0v) is 14.5. The minimum atomic E-state index is -3.72. The Hall–Kier alpha value is -1.13. The molecular weight excluding hydrogens is 324 g/mol. The van der Waals surface area contributed by atoms with Crippen LogP contribution in [0.3, 0.4) is 0 Å². The van der Waals surface area contributed by atoms with Crippen LogP contribution >= 0.6 is 11.6 Å². The SMILES string of the molecule is CO[C@@H]1[C@H](C)[C@@H](NS(=O)(=O)c2ccc(Cl)c(C#N)c2)C1(C)C. The fourth-order valence-electron chi connectivity index (χ4n) is 3.36. The van der Waals surface area contributed by atoms with Gasteiger partial charge in [-0.1, -0.05) is 32.4 Å². The molecule has 0 amide bonds. The van der Waals surface area contributed by atoms with Gasteiger partial charge in [0.2, 0.25) is 10.0 Å². The molecule has 1 aliphatic carbocycles. The van der Waals surface area contributed by atoms with E-state index >= 15 is 0 Å². The van der Waals surface area contributed by atoms with Gasteiger partial charge in [-0.2, -0.15) is 5.26 Å². The highest BCUT2D eigenvalue weighted by atomic mass is 35.5. The second-order valence-electron chi connectivity index (χ2n) is 6.19. The van der Waals surface area contributed by atoms with E-state index in [1.807, 2.05) is 26.8 Å². The summed E-state index contributed by atoms with van der Waals surface area (Å²) in [6.07, 6.45) is 0.0000808. The lowest BCUT2D eigenvalue weighted by Crippen LogP contribution is -2.67. The first-order valence-corrected chi connectivity index (χ1v) is 8.76. The maximum Gasteiger partial charge on any atom is 0.240 e. The highest BCUT2D eigenvalue weighted by Crippen LogP contribution is 2.47. The summed E-state index contributed by atoms with van der Waals surface area (Å²) in [6, 6.07) is 5.76. The topological polar surface area (TPSA) is 79.2 Å². The van der Waals surface area contributed by atoms with Crippen LogP contribution in [0.1, 0.15) is 26.3 Å².